The molecule has 0 saturated carbocycles. The molecule has 1 N–H and O–H groups in total. The minimum Gasteiger partial charge on any atom is -0.341 e. The van der Waals surface area contributed by atoms with Gasteiger partial charge in [0.2, 0.25) is 5.91 Å². The standard InChI is InChI=1S/C30H28F3N5O2S/c1-19-15-27(30(31,32)33)35-38(19)17-28(39)37-13-11-21(12-14-37)29-34-25(18-41-29)24-16-26(40-36-24)23-10-6-5-9-22(23)20-7-3-2-4-8-20/h2-10,15-16,18,21,26,36H,11-14,17H2,1H3. The zero-order valence-electron chi connectivity index (χ0n) is 22.3. The van der Waals surface area contributed by atoms with Crippen LogP contribution in [0, 0.1) is 6.92 Å². The van der Waals surface area contributed by atoms with Crippen LogP contribution >= 0.6 is 11.3 Å². The number of rotatable bonds is 6. The number of aryl methyl sites for hydroxylation is 1. The molecule has 11 heteroatoms. The number of halogens is 3. The summed E-state index contributed by atoms with van der Waals surface area (Å²) in [6, 6.07) is 19.3. The van der Waals surface area contributed by atoms with Crippen molar-refractivity contribution >= 4 is 22.9 Å². The lowest BCUT2D eigenvalue weighted by atomic mass is 9.96. The number of alkyl halides is 3. The molecule has 4 aromatic rings. The first-order valence-electron chi connectivity index (χ1n) is 13.4. The third-order valence-electron chi connectivity index (χ3n) is 7.52. The zero-order chi connectivity index (χ0) is 28.6. The highest BCUT2D eigenvalue weighted by Gasteiger charge is 2.35. The zero-order valence-corrected chi connectivity index (χ0v) is 23.1. The van der Waals surface area contributed by atoms with E-state index in [4.69, 9.17) is 9.82 Å². The molecule has 2 aromatic heterocycles. The van der Waals surface area contributed by atoms with Crippen molar-refractivity contribution in [1.29, 1.82) is 0 Å². The van der Waals surface area contributed by atoms with Crippen LogP contribution in [0.4, 0.5) is 13.2 Å². The average molecular weight is 580 g/mol. The molecule has 6 rings (SSSR count). The molecule has 1 saturated heterocycles. The van der Waals surface area contributed by atoms with Gasteiger partial charge in [-0.15, -0.1) is 11.3 Å². The molecular weight excluding hydrogens is 551 g/mol. The number of carbonyl (C=O) groups excluding carboxylic acids is 1. The number of piperidine rings is 1. The number of hydrogen-bond donors (Lipinski definition) is 1. The largest absolute Gasteiger partial charge is 0.435 e. The van der Waals surface area contributed by atoms with Gasteiger partial charge in [0.1, 0.15) is 12.6 Å². The molecule has 212 valence electrons. The Morgan fingerprint density at radius 3 is 2.56 bits per heavy atom. The number of likely N-dealkylation sites (tertiary alicyclic amines) is 1. The smallest absolute Gasteiger partial charge is 0.341 e. The Morgan fingerprint density at radius 2 is 1.83 bits per heavy atom. The number of nitrogens with zero attached hydrogens (tertiary/aromatic N) is 4. The van der Waals surface area contributed by atoms with Gasteiger partial charge in [0.15, 0.2) is 5.69 Å². The summed E-state index contributed by atoms with van der Waals surface area (Å²) in [5.74, 6) is -0.0268. The van der Waals surface area contributed by atoms with Crippen molar-refractivity contribution in [3.8, 4) is 11.1 Å². The predicted molar refractivity (Wildman–Crippen MR) is 149 cm³/mol. The second-order valence-corrected chi connectivity index (χ2v) is 11.1. The first-order chi connectivity index (χ1) is 19.8. The van der Waals surface area contributed by atoms with E-state index in [1.54, 1.807) is 16.2 Å². The quantitative estimate of drug-likeness (QED) is 0.288. The minimum absolute atomic E-state index is 0.206. The highest BCUT2D eigenvalue weighted by atomic mass is 32.1. The van der Waals surface area contributed by atoms with Crippen LogP contribution in [0.1, 0.15) is 52.5 Å². The van der Waals surface area contributed by atoms with E-state index >= 15 is 0 Å². The molecule has 41 heavy (non-hydrogen) atoms. The van der Waals surface area contributed by atoms with E-state index in [1.165, 1.54) is 6.92 Å². The van der Waals surface area contributed by atoms with Crippen LogP contribution in [0.25, 0.3) is 16.8 Å². The van der Waals surface area contributed by atoms with Crippen molar-refractivity contribution in [1.82, 2.24) is 25.1 Å². The van der Waals surface area contributed by atoms with Crippen LogP contribution in [-0.4, -0.2) is 38.7 Å². The summed E-state index contributed by atoms with van der Waals surface area (Å²) >= 11 is 1.59. The van der Waals surface area contributed by atoms with Crippen molar-refractivity contribution in [3.63, 3.8) is 0 Å². The molecule has 1 unspecified atom stereocenters. The SMILES string of the molecule is Cc1cc(C(F)(F)F)nn1CC(=O)N1CCC(c2nc(C3=CC(c4ccccc4-c4ccccc4)ON3)cs2)CC1. The Labute approximate surface area is 239 Å². The number of benzene rings is 2. The third-order valence-corrected chi connectivity index (χ3v) is 8.52. The van der Waals surface area contributed by atoms with Crippen LogP contribution in [0.5, 0.6) is 0 Å². The number of hydroxylamine groups is 1. The molecule has 1 fully saturated rings. The van der Waals surface area contributed by atoms with Gasteiger partial charge in [-0.3, -0.25) is 19.8 Å². The molecule has 4 heterocycles. The third kappa shape index (κ3) is 5.77. The van der Waals surface area contributed by atoms with E-state index < -0.39 is 11.9 Å². The van der Waals surface area contributed by atoms with E-state index in [9.17, 15) is 18.0 Å². The second-order valence-electron chi connectivity index (χ2n) is 10.2. The van der Waals surface area contributed by atoms with Gasteiger partial charge in [-0.25, -0.2) is 4.98 Å². The maximum atomic E-state index is 13.0. The molecule has 2 aromatic carbocycles. The summed E-state index contributed by atoms with van der Waals surface area (Å²) in [6.07, 6.45) is -1.27. The lowest BCUT2D eigenvalue weighted by Gasteiger charge is -2.31. The van der Waals surface area contributed by atoms with Crippen molar-refractivity contribution in [2.75, 3.05) is 13.1 Å². The van der Waals surface area contributed by atoms with Crippen molar-refractivity contribution < 1.29 is 22.8 Å². The average Bonchev–Trinajstić information content (AvgIpc) is 3.74. The van der Waals surface area contributed by atoms with Crippen LogP contribution < -0.4 is 5.48 Å². The Morgan fingerprint density at radius 1 is 1.10 bits per heavy atom. The summed E-state index contributed by atoms with van der Waals surface area (Å²) < 4.78 is 40.0. The number of carbonyl (C=O) groups is 1. The molecule has 2 aliphatic rings. The summed E-state index contributed by atoms with van der Waals surface area (Å²) in [5.41, 5.74) is 7.31. The maximum Gasteiger partial charge on any atom is 0.435 e. The highest BCUT2D eigenvalue weighted by molar-refractivity contribution is 7.09. The van der Waals surface area contributed by atoms with E-state index in [1.807, 2.05) is 41.8 Å². The lowest BCUT2D eigenvalue weighted by Crippen LogP contribution is -2.40. The first-order valence-corrected chi connectivity index (χ1v) is 14.3. The van der Waals surface area contributed by atoms with Gasteiger partial charge in [-0.05, 0) is 48.6 Å². The first kappa shape index (κ1) is 27.2. The Kier molecular flexibility index (Phi) is 7.39. The number of aromatic nitrogens is 3. The van der Waals surface area contributed by atoms with Crippen LogP contribution in [0.15, 0.2) is 72.1 Å². The van der Waals surface area contributed by atoms with Gasteiger partial charge >= 0.3 is 6.18 Å². The molecule has 7 nitrogen and oxygen atoms in total. The van der Waals surface area contributed by atoms with Gasteiger partial charge in [0.05, 0.1) is 16.4 Å². The maximum absolute atomic E-state index is 13.0. The molecule has 2 aliphatic heterocycles. The lowest BCUT2D eigenvalue weighted by molar-refractivity contribution is -0.142. The summed E-state index contributed by atoms with van der Waals surface area (Å²) in [7, 11) is 0. The van der Waals surface area contributed by atoms with Gasteiger partial charge in [0.25, 0.3) is 0 Å². The Hall–Kier alpha value is -3.96. The van der Waals surface area contributed by atoms with Crippen LogP contribution in [0.3, 0.4) is 0 Å². The normalized spacial score (nSPS) is 17.9. The molecule has 0 radical (unpaired) electrons. The van der Waals surface area contributed by atoms with E-state index in [0.717, 1.165) is 56.7 Å². The van der Waals surface area contributed by atoms with Crippen molar-refractivity contribution in [3.05, 3.63) is 99.8 Å². The number of hydrogen-bond acceptors (Lipinski definition) is 6. The molecule has 1 atom stereocenters. The highest BCUT2D eigenvalue weighted by Crippen LogP contribution is 2.37. The number of thiazole rings is 1. The van der Waals surface area contributed by atoms with Crippen LogP contribution in [-0.2, 0) is 22.4 Å². The fraction of sp³-hybridized carbons (Fsp3) is 0.300. The number of nitrogens with one attached hydrogen (secondary N) is 1. The van der Waals surface area contributed by atoms with E-state index in [-0.39, 0.29) is 24.5 Å². The second kappa shape index (κ2) is 11.1. The monoisotopic (exact) mass is 579 g/mol. The fourth-order valence-electron chi connectivity index (χ4n) is 5.27. The molecule has 0 bridgehead atoms. The van der Waals surface area contributed by atoms with Crippen molar-refractivity contribution in [2.45, 2.75) is 44.5 Å². The minimum atomic E-state index is -4.53. The summed E-state index contributed by atoms with van der Waals surface area (Å²) in [5, 5.41) is 6.59. The Balaban J connectivity index is 1.08. The molecule has 1 amide bonds. The van der Waals surface area contributed by atoms with E-state index in [0.29, 0.717) is 18.8 Å². The Bertz CT molecular complexity index is 1570. The summed E-state index contributed by atoms with van der Waals surface area (Å²) in [4.78, 5) is 25.3. The number of amides is 1. The van der Waals surface area contributed by atoms with E-state index in [2.05, 4.69) is 34.8 Å². The van der Waals surface area contributed by atoms with Crippen LogP contribution in [0.2, 0.25) is 0 Å². The predicted octanol–water partition coefficient (Wildman–Crippen LogP) is 6.36. The van der Waals surface area contributed by atoms with Gasteiger partial charge in [-0.1, -0.05) is 54.6 Å². The van der Waals surface area contributed by atoms with Gasteiger partial charge in [-0.2, -0.15) is 18.3 Å². The summed E-state index contributed by atoms with van der Waals surface area (Å²) in [6.45, 7) is 2.36. The molecule has 0 spiro atoms. The van der Waals surface area contributed by atoms with Gasteiger partial charge in [0, 0.05) is 30.1 Å². The molecular formula is C30H28F3N5O2S. The topological polar surface area (TPSA) is 72.3 Å². The fourth-order valence-corrected chi connectivity index (χ4v) is 6.27. The van der Waals surface area contributed by atoms with Gasteiger partial charge < -0.3 is 4.90 Å². The molecule has 0 aliphatic carbocycles. The van der Waals surface area contributed by atoms with Crippen molar-refractivity contribution in [2.24, 2.45) is 0 Å².